The Balaban J connectivity index is 1.77. The Labute approximate surface area is 218 Å². The monoisotopic (exact) mass is 544 g/mol. The molecule has 3 amide bonds. The zero-order valence-electron chi connectivity index (χ0n) is 19.7. The fourth-order valence-electron chi connectivity index (χ4n) is 4.63. The van der Waals surface area contributed by atoms with E-state index in [1.165, 1.54) is 29.9 Å². The largest absolute Gasteiger partial charge is 0.397 e. The molecule has 4 aromatic rings. The molecule has 5 rings (SSSR count). The van der Waals surface area contributed by atoms with Crippen molar-refractivity contribution < 1.29 is 27.9 Å². The molecule has 0 aliphatic carbocycles. The molecule has 1 aromatic heterocycles. The van der Waals surface area contributed by atoms with E-state index in [9.17, 15) is 27.9 Å². The Bertz CT molecular complexity index is 1630. The molecule has 3 aromatic carbocycles. The number of carbonyl (C=O) groups is 2. The van der Waals surface area contributed by atoms with Gasteiger partial charge in [0.2, 0.25) is 6.43 Å². The van der Waals surface area contributed by atoms with E-state index >= 15 is 0 Å². The van der Waals surface area contributed by atoms with Crippen molar-refractivity contribution >= 4 is 51.5 Å². The summed E-state index contributed by atoms with van der Waals surface area (Å²) in [6, 6.07) is 10.2. The van der Waals surface area contributed by atoms with E-state index in [0.717, 1.165) is 12.1 Å². The first-order valence-corrected chi connectivity index (χ1v) is 11.6. The third kappa shape index (κ3) is 4.17. The quantitative estimate of drug-likeness (QED) is 0.238. The summed E-state index contributed by atoms with van der Waals surface area (Å²) in [5, 5.41) is 23.5. The number of nitrogens with two attached hydrogens (primary N) is 1. The second-order valence-electron chi connectivity index (χ2n) is 8.69. The van der Waals surface area contributed by atoms with Gasteiger partial charge >= 0.3 is 6.03 Å². The van der Waals surface area contributed by atoms with E-state index in [2.05, 4.69) is 21.0 Å². The molecular formula is C25H20ClF3N6O3. The van der Waals surface area contributed by atoms with Crippen LogP contribution in [0.2, 0.25) is 5.02 Å². The van der Waals surface area contributed by atoms with Crippen molar-refractivity contribution in [3.05, 3.63) is 81.8 Å². The molecule has 1 aliphatic rings. The van der Waals surface area contributed by atoms with Gasteiger partial charge in [0.1, 0.15) is 5.82 Å². The van der Waals surface area contributed by atoms with Crippen LogP contribution in [0.5, 0.6) is 0 Å². The maximum atomic E-state index is 15.0. The molecule has 6 N–H and O–H groups in total. The van der Waals surface area contributed by atoms with Crippen molar-refractivity contribution in [2.75, 3.05) is 16.4 Å². The van der Waals surface area contributed by atoms with Crippen LogP contribution in [0.1, 0.15) is 27.2 Å². The number of alkyl halides is 2. The van der Waals surface area contributed by atoms with Crippen molar-refractivity contribution in [3.63, 3.8) is 0 Å². The first kappa shape index (κ1) is 25.4. The van der Waals surface area contributed by atoms with Crippen molar-refractivity contribution in [2.24, 2.45) is 7.05 Å². The number of urea groups is 1. The first-order chi connectivity index (χ1) is 18.0. The number of para-hydroxylation sites is 2. The highest BCUT2D eigenvalue weighted by molar-refractivity contribution is 6.30. The Morgan fingerprint density at radius 3 is 2.68 bits per heavy atom. The molecule has 0 spiro atoms. The summed E-state index contributed by atoms with van der Waals surface area (Å²) in [4.78, 5) is 26.1. The SMILES string of the molecule is Cn1nc2cc3c(c(NC(=O)Nc4ccccc4N)c2c1CC(F)F)C(O)(c1cc(Cl)ccc1F)NC3=O. The number of rotatable bonds is 5. The smallest absolute Gasteiger partial charge is 0.323 e. The molecule has 1 unspecified atom stereocenters. The fraction of sp³-hybridized carbons (Fsp3) is 0.160. The van der Waals surface area contributed by atoms with Crippen molar-refractivity contribution in [3.8, 4) is 0 Å². The molecule has 0 saturated heterocycles. The van der Waals surface area contributed by atoms with Crippen LogP contribution >= 0.6 is 11.6 Å². The van der Waals surface area contributed by atoms with E-state index in [1.807, 2.05) is 0 Å². The Kier molecular flexibility index (Phi) is 6.16. The number of carbonyl (C=O) groups excluding carboxylic acids is 2. The van der Waals surface area contributed by atoms with Gasteiger partial charge < -0.3 is 26.8 Å². The second kappa shape index (κ2) is 9.23. The predicted molar refractivity (Wildman–Crippen MR) is 136 cm³/mol. The number of nitrogens with one attached hydrogen (secondary N) is 3. The third-order valence-electron chi connectivity index (χ3n) is 6.26. The number of nitrogen functional groups attached to an aromatic ring is 1. The minimum Gasteiger partial charge on any atom is -0.397 e. The topological polar surface area (TPSA) is 134 Å². The number of nitrogens with zero attached hydrogens (tertiary/aromatic N) is 2. The number of halogens is 4. The third-order valence-corrected chi connectivity index (χ3v) is 6.49. The number of aromatic nitrogens is 2. The van der Waals surface area contributed by atoms with Crippen molar-refractivity contribution in [2.45, 2.75) is 18.6 Å². The Morgan fingerprint density at radius 1 is 1.24 bits per heavy atom. The number of amides is 3. The van der Waals surface area contributed by atoms with Gasteiger partial charge in [0.25, 0.3) is 5.91 Å². The van der Waals surface area contributed by atoms with Crippen LogP contribution in [0, 0.1) is 5.82 Å². The lowest BCUT2D eigenvalue weighted by Gasteiger charge is -2.27. The average molecular weight is 545 g/mol. The van der Waals surface area contributed by atoms with Crippen LogP contribution < -0.4 is 21.7 Å². The molecule has 38 heavy (non-hydrogen) atoms. The summed E-state index contributed by atoms with van der Waals surface area (Å²) in [6.45, 7) is 0. The number of hydrogen-bond donors (Lipinski definition) is 5. The molecular weight excluding hydrogens is 525 g/mol. The zero-order chi connectivity index (χ0) is 27.4. The maximum absolute atomic E-state index is 15.0. The lowest BCUT2D eigenvalue weighted by molar-refractivity contribution is 0.0455. The van der Waals surface area contributed by atoms with Gasteiger partial charge in [-0.2, -0.15) is 5.10 Å². The standard InChI is InChI=1S/C25H20ClF3N6O3/c1-35-18(10-19(28)29)20-17(34-35)9-12-21(22(20)32-24(37)31-16-5-3-2-4-15(16)30)25(38,33-23(12)36)13-8-11(26)6-7-14(13)27/h2-9,19,38H,10,30H2,1H3,(H,33,36)(H2,31,32,37). The molecule has 1 aliphatic heterocycles. The van der Waals surface area contributed by atoms with Gasteiger partial charge in [-0.25, -0.2) is 18.0 Å². The Hall–Kier alpha value is -4.29. The predicted octanol–water partition coefficient (Wildman–Crippen LogP) is 4.34. The number of benzene rings is 3. The number of anilines is 3. The molecule has 0 radical (unpaired) electrons. The van der Waals surface area contributed by atoms with Gasteiger partial charge in [0.15, 0.2) is 5.72 Å². The Morgan fingerprint density at radius 2 is 1.97 bits per heavy atom. The summed E-state index contributed by atoms with van der Waals surface area (Å²) in [5.74, 6) is -1.71. The van der Waals surface area contributed by atoms with E-state index < -0.39 is 41.9 Å². The maximum Gasteiger partial charge on any atom is 0.323 e. The first-order valence-electron chi connectivity index (χ1n) is 11.2. The molecule has 1 atom stereocenters. The van der Waals surface area contributed by atoms with E-state index in [0.29, 0.717) is 0 Å². The van der Waals surface area contributed by atoms with E-state index in [1.54, 1.807) is 18.2 Å². The molecule has 0 fully saturated rings. The lowest BCUT2D eigenvalue weighted by atomic mass is 9.90. The molecule has 2 heterocycles. The summed E-state index contributed by atoms with van der Waals surface area (Å²) in [6.07, 6.45) is -3.53. The summed E-state index contributed by atoms with van der Waals surface area (Å²) < 4.78 is 43.3. The van der Waals surface area contributed by atoms with Gasteiger partial charge in [0, 0.05) is 28.6 Å². The number of hydrogen-bond acceptors (Lipinski definition) is 5. The number of fused-ring (bicyclic) bond motifs is 2. The summed E-state index contributed by atoms with van der Waals surface area (Å²) in [7, 11) is 1.43. The zero-order valence-corrected chi connectivity index (χ0v) is 20.4. The van der Waals surface area contributed by atoms with Gasteiger partial charge in [-0.05, 0) is 36.4 Å². The van der Waals surface area contributed by atoms with E-state index in [-0.39, 0.29) is 49.8 Å². The summed E-state index contributed by atoms with van der Waals surface area (Å²) >= 11 is 6.05. The molecule has 0 bridgehead atoms. The molecule has 9 nitrogen and oxygen atoms in total. The minimum atomic E-state index is -2.78. The molecule has 196 valence electrons. The minimum absolute atomic E-state index is 0.0144. The van der Waals surface area contributed by atoms with Crippen molar-refractivity contribution in [1.82, 2.24) is 15.1 Å². The number of aliphatic hydroxyl groups is 1. The highest BCUT2D eigenvalue weighted by Gasteiger charge is 2.48. The lowest BCUT2D eigenvalue weighted by Crippen LogP contribution is -2.41. The van der Waals surface area contributed by atoms with Crippen LogP contribution in [0.25, 0.3) is 10.9 Å². The van der Waals surface area contributed by atoms with Gasteiger partial charge in [-0.1, -0.05) is 23.7 Å². The number of aryl methyl sites for hydroxylation is 1. The van der Waals surface area contributed by atoms with Crippen LogP contribution in [0.15, 0.2) is 48.5 Å². The van der Waals surface area contributed by atoms with Crippen LogP contribution in [0.3, 0.4) is 0 Å². The normalized spacial score (nSPS) is 16.6. The van der Waals surface area contributed by atoms with Gasteiger partial charge in [-0.15, -0.1) is 0 Å². The van der Waals surface area contributed by atoms with Crippen molar-refractivity contribution in [1.29, 1.82) is 0 Å². The summed E-state index contributed by atoms with van der Waals surface area (Å²) in [5.41, 5.74) is 2.98. The molecule has 0 saturated carbocycles. The van der Waals surface area contributed by atoms with Crippen LogP contribution in [0.4, 0.5) is 35.0 Å². The molecule has 13 heteroatoms. The van der Waals surface area contributed by atoms with Gasteiger partial charge in [0.05, 0.1) is 40.3 Å². The van der Waals surface area contributed by atoms with E-state index in [4.69, 9.17) is 17.3 Å². The second-order valence-corrected chi connectivity index (χ2v) is 9.13. The van der Waals surface area contributed by atoms with Crippen LogP contribution in [-0.2, 0) is 19.2 Å². The fourth-order valence-corrected chi connectivity index (χ4v) is 4.80. The highest BCUT2D eigenvalue weighted by Crippen LogP contribution is 2.45. The van der Waals surface area contributed by atoms with Crippen LogP contribution in [-0.4, -0.2) is 33.3 Å². The highest BCUT2D eigenvalue weighted by atomic mass is 35.5. The van der Waals surface area contributed by atoms with Gasteiger partial charge in [-0.3, -0.25) is 9.48 Å². The average Bonchev–Trinajstić information content (AvgIpc) is 3.29.